The van der Waals surface area contributed by atoms with Gasteiger partial charge in [-0.3, -0.25) is 4.79 Å². The monoisotopic (exact) mass is 428 g/mol. The van der Waals surface area contributed by atoms with Crippen LogP contribution < -0.4 is 0 Å². The number of Topliss-reactive ketones (excluding diaryl/α,β-unsaturated/α-hetero) is 1. The van der Waals surface area contributed by atoms with Gasteiger partial charge < -0.3 is 19.7 Å². The van der Waals surface area contributed by atoms with E-state index in [9.17, 15) is 14.7 Å². The Balaban J connectivity index is 1.88. The highest BCUT2D eigenvalue weighted by molar-refractivity contribution is 6.37. The predicted octanol–water partition coefficient (Wildman–Crippen LogP) is 4.48. The van der Waals surface area contributed by atoms with Crippen LogP contribution in [-0.2, 0) is 19.1 Å². The van der Waals surface area contributed by atoms with Crippen LogP contribution in [0.3, 0.4) is 0 Å². The van der Waals surface area contributed by atoms with Crippen molar-refractivity contribution in [3.8, 4) is 0 Å². The van der Waals surface area contributed by atoms with E-state index in [0.717, 1.165) is 19.3 Å². The quantitative estimate of drug-likeness (QED) is 0.169. The molecule has 0 aliphatic carbocycles. The van der Waals surface area contributed by atoms with Crippen LogP contribution in [0.1, 0.15) is 110 Å². The van der Waals surface area contributed by atoms with Gasteiger partial charge in [0, 0.05) is 6.61 Å². The molecule has 0 radical (unpaired) electrons. The Morgan fingerprint density at radius 2 is 1.23 bits per heavy atom. The van der Waals surface area contributed by atoms with Gasteiger partial charge in [-0.2, -0.15) is 0 Å². The Labute approximate surface area is 182 Å². The molecule has 0 aromatic heterocycles. The highest BCUT2D eigenvalue weighted by Crippen LogP contribution is 2.20. The zero-order valence-corrected chi connectivity index (χ0v) is 19.0. The smallest absolute Gasteiger partial charge is 0.378 e. The molecule has 1 rings (SSSR count). The minimum Gasteiger partial charge on any atom is -0.450 e. The Morgan fingerprint density at radius 1 is 0.800 bits per heavy atom. The van der Waals surface area contributed by atoms with Gasteiger partial charge >= 0.3 is 5.97 Å². The molecule has 1 saturated heterocycles. The summed E-state index contributed by atoms with van der Waals surface area (Å²) < 4.78 is 10.3. The molecule has 0 aromatic carbocycles. The first kappa shape index (κ1) is 27.1. The van der Waals surface area contributed by atoms with E-state index in [4.69, 9.17) is 14.6 Å². The SMILES string of the molecule is CCCCCCCCCCCCCCCCCCOC1C(=O)C(=O)O[C@@H]1[C@@H](O)CO. The maximum absolute atomic E-state index is 11.7. The summed E-state index contributed by atoms with van der Waals surface area (Å²) in [7, 11) is 0. The molecule has 3 atom stereocenters. The summed E-state index contributed by atoms with van der Waals surface area (Å²) in [5.74, 6) is -1.77. The third-order valence-electron chi connectivity index (χ3n) is 5.86. The Morgan fingerprint density at radius 3 is 1.67 bits per heavy atom. The molecule has 0 saturated carbocycles. The molecule has 0 amide bonds. The first-order valence-corrected chi connectivity index (χ1v) is 12.3. The zero-order chi connectivity index (χ0) is 22.0. The number of ketones is 1. The average Bonchev–Trinajstić information content (AvgIpc) is 3.03. The Hall–Kier alpha value is -0.980. The minimum atomic E-state index is -1.30. The van der Waals surface area contributed by atoms with E-state index < -0.39 is 36.7 Å². The molecule has 1 fully saturated rings. The second-order valence-corrected chi connectivity index (χ2v) is 8.58. The molecule has 6 nitrogen and oxygen atoms in total. The van der Waals surface area contributed by atoms with Crippen LogP contribution in [0, 0.1) is 0 Å². The molecule has 0 aromatic rings. The summed E-state index contributed by atoms with van der Waals surface area (Å²) in [6, 6.07) is 0. The van der Waals surface area contributed by atoms with Crippen molar-refractivity contribution in [3.05, 3.63) is 0 Å². The lowest BCUT2D eigenvalue weighted by molar-refractivity contribution is -0.152. The van der Waals surface area contributed by atoms with Crippen molar-refractivity contribution in [3.63, 3.8) is 0 Å². The molecule has 1 aliphatic rings. The van der Waals surface area contributed by atoms with Gasteiger partial charge in [-0.15, -0.1) is 0 Å². The van der Waals surface area contributed by atoms with Gasteiger partial charge in [0.25, 0.3) is 5.78 Å². The van der Waals surface area contributed by atoms with Crippen LogP contribution in [0.2, 0.25) is 0 Å². The number of unbranched alkanes of at least 4 members (excludes halogenated alkanes) is 15. The number of hydrogen-bond donors (Lipinski definition) is 2. The van der Waals surface area contributed by atoms with Crippen LogP contribution in [0.5, 0.6) is 0 Å². The molecule has 1 heterocycles. The fraction of sp³-hybridized carbons (Fsp3) is 0.917. The number of carbonyl (C=O) groups is 2. The summed E-state index contributed by atoms with van der Waals surface area (Å²) in [4.78, 5) is 23.1. The van der Waals surface area contributed by atoms with E-state index in [2.05, 4.69) is 6.92 Å². The number of rotatable bonds is 20. The van der Waals surface area contributed by atoms with E-state index in [1.165, 1.54) is 83.5 Å². The van der Waals surface area contributed by atoms with E-state index in [1.807, 2.05) is 0 Å². The molecule has 2 N–H and O–H groups in total. The summed E-state index contributed by atoms with van der Waals surface area (Å²) in [5.41, 5.74) is 0. The first-order valence-electron chi connectivity index (χ1n) is 12.3. The number of hydrogen-bond acceptors (Lipinski definition) is 6. The number of carbonyl (C=O) groups excluding carboxylic acids is 2. The third-order valence-corrected chi connectivity index (χ3v) is 5.86. The lowest BCUT2D eigenvalue weighted by Crippen LogP contribution is -2.41. The van der Waals surface area contributed by atoms with E-state index in [0.29, 0.717) is 6.61 Å². The Kier molecular flexibility index (Phi) is 15.9. The second kappa shape index (κ2) is 17.7. The fourth-order valence-electron chi connectivity index (χ4n) is 3.92. The van der Waals surface area contributed by atoms with Crippen LogP contribution >= 0.6 is 0 Å². The third kappa shape index (κ3) is 11.4. The summed E-state index contributed by atoms with van der Waals surface area (Å²) >= 11 is 0. The highest BCUT2D eigenvalue weighted by atomic mass is 16.6. The van der Waals surface area contributed by atoms with Gasteiger partial charge in [0.15, 0.2) is 12.2 Å². The zero-order valence-electron chi connectivity index (χ0n) is 19.0. The van der Waals surface area contributed by atoms with Crippen LogP contribution in [0.25, 0.3) is 0 Å². The molecule has 30 heavy (non-hydrogen) atoms. The van der Waals surface area contributed by atoms with Gasteiger partial charge in [-0.1, -0.05) is 103 Å². The van der Waals surface area contributed by atoms with Crippen molar-refractivity contribution in [1.82, 2.24) is 0 Å². The first-order chi connectivity index (χ1) is 14.6. The normalized spacial score (nSPS) is 20.0. The van der Waals surface area contributed by atoms with Crippen LogP contribution in [-0.4, -0.2) is 53.5 Å². The summed E-state index contributed by atoms with van der Waals surface area (Å²) in [6.07, 6.45) is 17.1. The molecule has 0 bridgehead atoms. The van der Waals surface area contributed by atoms with Gasteiger partial charge in [-0.05, 0) is 6.42 Å². The average molecular weight is 429 g/mol. The molecule has 176 valence electrons. The lowest BCUT2D eigenvalue weighted by Gasteiger charge is -2.20. The highest BCUT2D eigenvalue weighted by Gasteiger charge is 2.47. The number of cyclic esters (lactones) is 1. The van der Waals surface area contributed by atoms with Gasteiger partial charge in [-0.25, -0.2) is 4.79 Å². The number of ether oxygens (including phenoxy) is 2. The number of aliphatic hydroxyl groups excluding tert-OH is 2. The predicted molar refractivity (Wildman–Crippen MR) is 117 cm³/mol. The molecular formula is C24H44O6. The van der Waals surface area contributed by atoms with E-state index in [-0.39, 0.29) is 0 Å². The van der Waals surface area contributed by atoms with Crippen molar-refractivity contribution >= 4 is 11.8 Å². The summed E-state index contributed by atoms with van der Waals surface area (Å²) in [6.45, 7) is 2.03. The van der Waals surface area contributed by atoms with Gasteiger partial charge in [0.1, 0.15) is 6.10 Å². The minimum absolute atomic E-state index is 0.347. The van der Waals surface area contributed by atoms with Crippen molar-refractivity contribution in [2.75, 3.05) is 13.2 Å². The number of aliphatic hydroxyl groups is 2. The van der Waals surface area contributed by atoms with Crippen molar-refractivity contribution in [2.45, 2.75) is 128 Å². The Bertz CT molecular complexity index is 453. The summed E-state index contributed by atoms with van der Waals surface area (Å²) in [5, 5.41) is 18.6. The van der Waals surface area contributed by atoms with E-state index in [1.54, 1.807) is 0 Å². The van der Waals surface area contributed by atoms with Gasteiger partial charge in [0.2, 0.25) is 0 Å². The van der Waals surface area contributed by atoms with E-state index >= 15 is 0 Å². The molecule has 1 unspecified atom stereocenters. The molecular weight excluding hydrogens is 384 g/mol. The molecule has 1 aliphatic heterocycles. The maximum Gasteiger partial charge on any atom is 0.378 e. The lowest BCUT2D eigenvalue weighted by atomic mass is 10.0. The van der Waals surface area contributed by atoms with Crippen molar-refractivity contribution in [1.29, 1.82) is 0 Å². The second-order valence-electron chi connectivity index (χ2n) is 8.58. The van der Waals surface area contributed by atoms with Crippen LogP contribution in [0.4, 0.5) is 0 Å². The van der Waals surface area contributed by atoms with Crippen molar-refractivity contribution in [2.24, 2.45) is 0 Å². The molecule has 6 heteroatoms. The van der Waals surface area contributed by atoms with Gasteiger partial charge in [0.05, 0.1) is 6.61 Å². The standard InChI is InChI=1S/C24H44O6/c1-2-3-4-5-6-7-8-9-10-11-12-13-14-15-16-17-18-29-23-21(27)24(28)30-22(23)20(26)19-25/h20,22-23,25-26H,2-19H2,1H3/t20-,22+,23?/m0/s1. The van der Waals surface area contributed by atoms with Crippen LogP contribution in [0.15, 0.2) is 0 Å². The molecule has 0 spiro atoms. The number of esters is 1. The fourth-order valence-corrected chi connectivity index (χ4v) is 3.92. The topological polar surface area (TPSA) is 93.1 Å². The largest absolute Gasteiger partial charge is 0.450 e. The van der Waals surface area contributed by atoms with Crippen molar-refractivity contribution < 1.29 is 29.3 Å². The maximum atomic E-state index is 11.7.